The summed E-state index contributed by atoms with van der Waals surface area (Å²) in [5.74, 6) is 0. The highest BCUT2D eigenvalue weighted by Crippen LogP contribution is 2.44. The summed E-state index contributed by atoms with van der Waals surface area (Å²) in [5.41, 5.74) is 17.2. The maximum atomic E-state index is 6.61. The van der Waals surface area contributed by atoms with Crippen molar-refractivity contribution in [1.29, 1.82) is 0 Å². The van der Waals surface area contributed by atoms with Crippen molar-refractivity contribution in [3.8, 4) is 61.5 Å². The lowest BCUT2D eigenvalue weighted by Crippen LogP contribution is -1.92. The van der Waals surface area contributed by atoms with E-state index in [-0.39, 0.29) is 0 Å². The van der Waals surface area contributed by atoms with Gasteiger partial charge in [0.15, 0.2) is 5.58 Å². The van der Waals surface area contributed by atoms with E-state index in [0.717, 1.165) is 44.6 Å². The topological polar surface area (TPSA) is 43.9 Å². The zero-order valence-corrected chi connectivity index (χ0v) is 34.7. The number of hydrogen-bond acceptors (Lipinski definition) is 4. The Morgan fingerprint density at radius 1 is 0.397 bits per heavy atom. The van der Waals surface area contributed by atoms with Gasteiger partial charge in [-0.15, -0.1) is 11.3 Å². The normalized spacial score (nSPS) is 11.8. The standard InChI is InChI=1S/C58H35N3OS/c1-3-11-36(12-4-1)37-21-23-38(24-22-37)41-27-30-52-49(33-41)57-58(62-52)56(59-35-60-57)47-18-10-20-53-55(47)46-28-25-43(34-54(46)63-53)40-14-9-13-39(31-40)42-26-29-51-48(32-42)45-17-7-8-19-50(45)61(51)44-15-5-2-6-16-44/h1-35H. The predicted molar refractivity (Wildman–Crippen MR) is 264 cm³/mol. The molecule has 0 saturated carbocycles. The summed E-state index contributed by atoms with van der Waals surface area (Å²) in [6, 6.07) is 74.1. The molecule has 13 aromatic rings. The fraction of sp³-hybridized carbons (Fsp3) is 0. The number of rotatable bonds is 6. The number of para-hydroxylation sites is 2. The SMILES string of the molecule is c1ccc(-c2ccc(-c3ccc4oc5c(-c6cccc7sc8cc(-c9cccc(-c%10ccc%11c(c%10)c%10ccccc%10n%11-c%10ccccc%10)c9)ccc8c67)ncnc5c4c3)cc2)cc1. The van der Waals surface area contributed by atoms with E-state index in [1.807, 2.05) is 17.4 Å². The van der Waals surface area contributed by atoms with Gasteiger partial charge in [-0.05, 0) is 105 Å². The maximum Gasteiger partial charge on any atom is 0.180 e. The minimum absolute atomic E-state index is 0.701. The third kappa shape index (κ3) is 5.82. The molecule has 0 unspecified atom stereocenters. The number of aromatic nitrogens is 3. The molecule has 294 valence electrons. The molecule has 4 heterocycles. The van der Waals surface area contributed by atoms with Crippen LogP contribution >= 0.6 is 11.3 Å². The van der Waals surface area contributed by atoms with Gasteiger partial charge in [-0.1, -0.05) is 146 Å². The maximum absolute atomic E-state index is 6.61. The molecule has 5 heteroatoms. The Hall–Kier alpha value is -8.12. The van der Waals surface area contributed by atoms with Crippen molar-refractivity contribution >= 4 is 75.4 Å². The van der Waals surface area contributed by atoms with Gasteiger partial charge < -0.3 is 8.98 Å². The molecule has 0 saturated heterocycles. The van der Waals surface area contributed by atoms with Gasteiger partial charge in [0.2, 0.25) is 0 Å². The first-order chi connectivity index (χ1) is 31.2. The van der Waals surface area contributed by atoms with Gasteiger partial charge in [0.25, 0.3) is 0 Å². The third-order valence-electron chi connectivity index (χ3n) is 12.5. The fourth-order valence-electron chi connectivity index (χ4n) is 9.52. The molecule has 0 spiro atoms. The van der Waals surface area contributed by atoms with Gasteiger partial charge in [-0.25, -0.2) is 9.97 Å². The second-order valence-electron chi connectivity index (χ2n) is 16.1. The summed E-state index contributed by atoms with van der Waals surface area (Å²) < 4.78 is 11.4. The summed E-state index contributed by atoms with van der Waals surface area (Å²) in [4.78, 5) is 9.67. The molecule has 13 rings (SSSR count). The van der Waals surface area contributed by atoms with Gasteiger partial charge in [0.1, 0.15) is 23.1 Å². The van der Waals surface area contributed by atoms with Crippen LogP contribution in [0.5, 0.6) is 0 Å². The first kappa shape index (κ1) is 35.6. The van der Waals surface area contributed by atoms with Crippen LogP contribution in [0.4, 0.5) is 0 Å². The fourth-order valence-corrected chi connectivity index (χ4v) is 10.7. The summed E-state index contributed by atoms with van der Waals surface area (Å²) in [6.45, 7) is 0. The van der Waals surface area contributed by atoms with Gasteiger partial charge in [0, 0.05) is 47.6 Å². The van der Waals surface area contributed by atoms with E-state index >= 15 is 0 Å². The van der Waals surface area contributed by atoms with Crippen LogP contribution in [0.2, 0.25) is 0 Å². The van der Waals surface area contributed by atoms with E-state index in [0.29, 0.717) is 5.58 Å². The number of nitrogens with zero attached hydrogens (tertiary/aromatic N) is 3. The quantitative estimate of drug-likeness (QED) is 0.168. The van der Waals surface area contributed by atoms with Crippen molar-refractivity contribution in [1.82, 2.24) is 14.5 Å². The van der Waals surface area contributed by atoms with Gasteiger partial charge in [-0.2, -0.15) is 0 Å². The molecule has 0 bridgehead atoms. The second-order valence-corrected chi connectivity index (χ2v) is 17.2. The van der Waals surface area contributed by atoms with Gasteiger partial charge in [-0.3, -0.25) is 0 Å². The predicted octanol–water partition coefficient (Wildman–Crippen LogP) is 16.2. The van der Waals surface area contributed by atoms with Crippen LogP contribution in [0, 0.1) is 0 Å². The number of hydrogen-bond donors (Lipinski definition) is 0. The van der Waals surface area contributed by atoms with Crippen molar-refractivity contribution in [2.75, 3.05) is 0 Å². The molecule has 0 aliphatic rings. The summed E-state index contributed by atoms with van der Waals surface area (Å²) in [7, 11) is 0. The number of furan rings is 1. The summed E-state index contributed by atoms with van der Waals surface area (Å²) in [6.07, 6.45) is 1.67. The molecule has 0 atom stereocenters. The van der Waals surface area contributed by atoms with Crippen LogP contribution < -0.4 is 0 Å². The first-order valence-corrected chi connectivity index (χ1v) is 22.0. The molecular weight excluding hydrogens is 787 g/mol. The van der Waals surface area contributed by atoms with Crippen LogP contribution in [0.15, 0.2) is 217 Å². The van der Waals surface area contributed by atoms with E-state index in [2.05, 4.69) is 205 Å². The highest BCUT2D eigenvalue weighted by atomic mass is 32.1. The molecule has 63 heavy (non-hydrogen) atoms. The third-order valence-corrected chi connectivity index (χ3v) is 13.7. The molecule has 0 fully saturated rings. The minimum atomic E-state index is 0.701. The molecule has 4 nitrogen and oxygen atoms in total. The molecule has 0 radical (unpaired) electrons. The second kappa shape index (κ2) is 14.2. The zero-order valence-electron chi connectivity index (χ0n) is 33.9. The number of benzene rings is 9. The summed E-state index contributed by atoms with van der Waals surface area (Å²) >= 11 is 1.82. The molecule has 0 aliphatic heterocycles. The van der Waals surface area contributed by atoms with Crippen molar-refractivity contribution in [3.05, 3.63) is 213 Å². The van der Waals surface area contributed by atoms with Crippen molar-refractivity contribution in [2.45, 2.75) is 0 Å². The zero-order chi connectivity index (χ0) is 41.4. The lowest BCUT2D eigenvalue weighted by atomic mass is 9.96. The largest absolute Gasteiger partial charge is 0.452 e. The molecule has 0 amide bonds. The highest BCUT2D eigenvalue weighted by molar-refractivity contribution is 7.26. The van der Waals surface area contributed by atoms with E-state index in [9.17, 15) is 0 Å². The van der Waals surface area contributed by atoms with Crippen molar-refractivity contribution < 1.29 is 4.42 Å². The average molecular weight is 822 g/mol. The highest BCUT2D eigenvalue weighted by Gasteiger charge is 2.20. The van der Waals surface area contributed by atoms with Gasteiger partial charge >= 0.3 is 0 Å². The van der Waals surface area contributed by atoms with Crippen molar-refractivity contribution in [2.24, 2.45) is 0 Å². The Balaban J connectivity index is 0.862. The Morgan fingerprint density at radius 3 is 1.84 bits per heavy atom. The van der Waals surface area contributed by atoms with Gasteiger partial charge in [0.05, 0.1) is 11.0 Å². The first-order valence-electron chi connectivity index (χ1n) is 21.2. The number of fused-ring (bicyclic) bond motifs is 9. The average Bonchev–Trinajstić information content (AvgIpc) is 4.03. The Labute approximate surface area is 366 Å². The Kier molecular flexibility index (Phi) is 8.05. The van der Waals surface area contributed by atoms with Crippen molar-refractivity contribution in [3.63, 3.8) is 0 Å². The lowest BCUT2D eigenvalue weighted by molar-refractivity contribution is 0.667. The van der Waals surface area contributed by atoms with E-state index in [1.54, 1.807) is 6.33 Å². The molecule has 9 aromatic carbocycles. The van der Waals surface area contributed by atoms with Crippen LogP contribution in [0.3, 0.4) is 0 Å². The van der Waals surface area contributed by atoms with E-state index in [4.69, 9.17) is 14.4 Å². The smallest absolute Gasteiger partial charge is 0.180 e. The number of thiophene rings is 1. The summed E-state index contributed by atoms with van der Waals surface area (Å²) in [5, 5.41) is 5.86. The van der Waals surface area contributed by atoms with Crippen LogP contribution in [-0.4, -0.2) is 14.5 Å². The van der Waals surface area contributed by atoms with E-state index < -0.39 is 0 Å². The van der Waals surface area contributed by atoms with Crippen LogP contribution in [0.1, 0.15) is 0 Å². The Morgan fingerprint density at radius 2 is 1.00 bits per heavy atom. The minimum Gasteiger partial charge on any atom is -0.452 e. The Bertz CT molecular complexity index is 3900. The van der Waals surface area contributed by atoms with Crippen LogP contribution in [0.25, 0.3) is 125 Å². The van der Waals surface area contributed by atoms with Crippen LogP contribution in [-0.2, 0) is 0 Å². The monoisotopic (exact) mass is 821 g/mol. The molecular formula is C58H35N3OS. The van der Waals surface area contributed by atoms with E-state index in [1.165, 1.54) is 75.4 Å². The molecule has 4 aromatic heterocycles. The molecule has 0 aliphatic carbocycles. The lowest BCUT2D eigenvalue weighted by Gasteiger charge is -2.09. The molecule has 0 N–H and O–H groups in total.